The van der Waals surface area contributed by atoms with Crippen LogP contribution in [0.1, 0.15) is 22.3 Å². The molecule has 3 aromatic rings. The summed E-state index contributed by atoms with van der Waals surface area (Å²) in [7, 11) is 1.54. The Balaban J connectivity index is 1.64. The second kappa shape index (κ2) is 9.55. The van der Waals surface area contributed by atoms with Crippen LogP contribution in [0.25, 0.3) is 12.2 Å². The number of hydrogen-bond donors (Lipinski definition) is 0. The zero-order valence-corrected chi connectivity index (χ0v) is 16.7. The average molecular weight is 389 g/mol. The van der Waals surface area contributed by atoms with E-state index in [0.29, 0.717) is 17.2 Å². The van der Waals surface area contributed by atoms with E-state index < -0.39 is 5.97 Å². The predicted octanol–water partition coefficient (Wildman–Crippen LogP) is 4.86. The summed E-state index contributed by atoms with van der Waals surface area (Å²) in [5.74, 6) is 1.000. The zero-order valence-electron chi connectivity index (χ0n) is 16.7. The first-order chi connectivity index (χ1) is 14.0. The van der Waals surface area contributed by atoms with Crippen molar-refractivity contribution in [2.24, 2.45) is 0 Å². The number of ether oxygens (including phenoxy) is 3. The zero-order chi connectivity index (χ0) is 20.6. The second-order valence-corrected chi connectivity index (χ2v) is 6.56. The molecular formula is C24H23NO4. The topological polar surface area (TPSA) is 57.7 Å². The van der Waals surface area contributed by atoms with Crippen LogP contribution in [0.15, 0.2) is 60.9 Å². The molecule has 0 aliphatic carbocycles. The smallest absolute Gasteiger partial charge is 0.349 e. The molecule has 5 nitrogen and oxygen atoms in total. The normalized spacial score (nSPS) is 10.7. The molecule has 0 bridgehead atoms. The molecule has 3 rings (SSSR count). The van der Waals surface area contributed by atoms with Crippen molar-refractivity contribution < 1.29 is 19.0 Å². The molecule has 0 N–H and O–H groups in total. The molecule has 0 fully saturated rings. The molecule has 1 aromatic heterocycles. The van der Waals surface area contributed by atoms with Gasteiger partial charge < -0.3 is 14.2 Å². The van der Waals surface area contributed by atoms with E-state index in [4.69, 9.17) is 14.2 Å². The highest BCUT2D eigenvalue weighted by molar-refractivity contribution is 5.76. The molecule has 0 unspecified atom stereocenters. The van der Waals surface area contributed by atoms with Crippen molar-refractivity contribution in [1.29, 1.82) is 0 Å². The minimum atomic E-state index is -0.496. The number of nitrogens with zero attached hydrogens (tertiary/aromatic N) is 1. The monoisotopic (exact) mass is 389 g/mol. The number of benzene rings is 2. The Kier molecular flexibility index (Phi) is 6.63. The van der Waals surface area contributed by atoms with Crippen molar-refractivity contribution in [2.45, 2.75) is 13.8 Å². The van der Waals surface area contributed by atoms with E-state index in [9.17, 15) is 4.79 Å². The molecule has 0 amide bonds. The number of aryl methyl sites for hydroxylation is 2. The summed E-state index contributed by atoms with van der Waals surface area (Å²) in [5, 5.41) is 0. The van der Waals surface area contributed by atoms with Crippen molar-refractivity contribution in [3.05, 3.63) is 83.2 Å². The Labute approximate surface area is 170 Å². The quantitative estimate of drug-likeness (QED) is 0.427. The van der Waals surface area contributed by atoms with Crippen LogP contribution in [0.3, 0.4) is 0 Å². The van der Waals surface area contributed by atoms with Crippen LogP contribution in [0, 0.1) is 13.8 Å². The van der Waals surface area contributed by atoms with E-state index in [1.807, 2.05) is 68.5 Å². The van der Waals surface area contributed by atoms with Gasteiger partial charge in [-0.1, -0.05) is 30.4 Å². The second-order valence-electron chi connectivity index (χ2n) is 6.56. The highest BCUT2D eigenvalue weighted by Gasteiger charge is 2.12. The largest absolute Gasteiger partial charge is 0.493 e. The number of hydrogen-bond acceptors (Lipinski definition) is 5. The molecule has 5 heteroatoms. The predicted molar refractivity (Wildman–Crippen MR) is 113 cm³/mol. The van der Waals surface area contributed by atoms with Crippen LogP contribution in [0.2, 0.25) is 0 Å². The number of aromatic nitrogens is 1. The van der Waals surface area contributed by atoms with Crippen molar-refractivity contribution in [3.63, 3.8) is 0 Å². The van der Waals surface area contributed by atoms with E-state index in [0.717, 1.165) is 22.3 Å². The maximum atomic E-state index is 12.2. The number of esters is 1. The van der Waals surface area contributed by atoms with Gasteiger partial charge in [0, 0.05) is 12.4 Å². The van der Waals surface area contributed by atoms with Gasteiger partial charge in [0.2, 0.25) is 0 Å². The molecule has 0 atom stereocenters. The molecule has 0 saturated carbocycles. The Bertz CT molecular complexity index is 1010. The molecule has 2 aromatic carbocycles. The standard InChI is InChI=1S/C24H23NO4/c1-17-4-5-18(2)22(14-17)28-16-24(26)29-21-9-8-20(15-23(21)27-3)7-6-19-10-12-25-13-11-19/h4-15H,16H2,1-3H3/b7-6+. The molecule has 0 aliphatic rings. The SMILES string of the molecule is COc1cc(/C=C/c2ccncc2)ccc1OC(=O)COc1cc(C)ccc1C. The van der Waals surface area contributed by atoms with Crippen molar-refractivity contribution in [2.75, 3.05) is 13.7 Å². The highest BCUT2D eigenvalue weighted by atomic mass is 16.6. The number of carbonyl (C=O) groups is 1. The maximum absolute atomic E-state index is 12.2. The summed E-state index contributed by atoms with van der Waals surface area (Å²) in [6.45, 7) is 3.72. The number of methoxy groups -OCH3 is 1. The van der Waals surface area contributed by atoms with Crippen LogP contribution in [-0.4, -0.2) is 24.7 Å². The Morgan fingerprint density at radius 3 is 2.41 bits per heavy atom. The van der Waals surface area contributed by atoms with E-state index in [1.54, 1.807) is 18.5 Å². The number of carbonyl (C=O) groups excluding carboxylic acids is 1. The summed E-state index contributed by atoms with van der Waals surface area (Å²) >= 11 is 0. The molecule has 0 aliphatic heterocycles. The van der Waals surface area contributed by atoms with Crippen molar-refractivity contribution in [3.8, 4) is 17.2 Å². The van der Waals surface area contributed by atoms with Gasteiger partial charge in [0.25, 0.3) is 0 Å². The first-order valence-corrected chi connectivity index (χ1v) is 9.22. The van der Waals surface area contributed by atoms with Gasteiger partial charge in [0.15, 0.2) is 18.1 Å². The maximum Gasteiger partial charge on any atom is 0.349 e. The number of rotatable bonds is 7. The van der Waals surface area contributed by atoms with Gasteiger partial charge >= 0.3 is 5.97 Å². The Morgan fingerprint density at radius 1 is 0.897 bits per heavy atom. The lowest BCUT2D eigenvalue weighted by Crippen LogP contribution is -2.18. The lowest BCUT2D eigenvalue weighted by Gasteiger charge is -2.12. The third-order valence-electron chi connectivity index (χ3n) is 4.27. The summed E-state index contributed by atoms with van der Waals surface area (Å²) in [6.07, 6.45) is 7.40. The fraction of sp³-hybridized carbons (Fsp3) is 0.167. The molecule has 0 radical (unpaired) electrons. The summed E-state index contributed by atoms with van der Waals surface area (Å²) in [4.78, 5) is 16.2. The van der Waals surface area contributed by atoms with Crippen LogP contribution < -0.4 is 14.2 Å². The highest BCUT2D eigenvalue weighted by Crippen LogP contribution is 2.29. The molecule has 0 saturated heterocycles. The Morgan fingerprint density at radius 2 is 1.66 bits per heavy atom. The lowest BCUT2D eigenvalue weighted by molar-refractivity contribution is -0.136. The van der Waals surface area contributed by atoms with Gasteiger partial charge in [0.05, 0.1) is 7.11 Å². The average Bonchev–Trinajstić information content (AvgIpc) is 2.74. The third kappa shape index (κ3) is 5.69. The van der Waals surface area contributed by atoms with E-state index >= 15 is 0 Å². The van der Waals surface area contributed by atoms with Gasteiger partial charge in [-0.3, -0.25) is 4.98 Å². The van der Waals surface area contributed by atoms with E-state index in [-0.39, 0.29) is 6.61 Å². The van der Waals surface area contributed by atoms with Crippen LogP contribution in [0.5, 0.6) is 17.2 Å². The van der Waals surface area contributed by atoms with Crippen LogP contribution in [-0.2, 0) is 4.79 Å². The van der Waals surface area contributed by atoms with E-state index in [1.165, 1.54) is 7.11 Å². The molecule has 1 heterocycles. The van der Waals surface area contributed by atoms with Gasteiger partial charge in [-0.05, 0) is 66.4 Å². The van der Waals surface area contributed by atoms with Gasteiger partial charge in [-0.2, -0.15) is 0 Å². The van der Waals surface area contributed by atoms with Crippen LogP contribution in [0.4, 0.5) is 0 Å². The van der Waals surface area contributed by atoms with Crippen molar-refractivity contribution >= 4 is 18.1 Å². The van der Waals surface area contributed by atoms with Gasteiger partial charge in [0.1, 0.15) is 5.75 Å². The van der Waals surface area contributed by atoms with Gasteiger partial charge in [-0.25, -0.2) is 4.79 Å². The first kappa shape index (κ1) is 20.1. The van der Waals surface area contributed by atoms with E-state index in [2.05, 4.69) is 4.98 Å². The summed E-state index contributed by atoms with van der Waals surface area (Å²) in [5.41, 5.74) is 3.99. The summed E-state index contributed by atoms with van der Waals surface area (Å²) in [6, 6.07) is 15.1. The third-order valence-corrected chi connectivity index (χ3v) is 4.27. The van der Waals surface area contributed by atoms with Gasteiger partial charge in [-0.15, -0.1) is 0 Å². The molecule has 29 heavy (non-hydrogen) atoms. The fourth-order valence-electron chi connectivity index (χ4n) is 2.69. The molecular weight excluding hydrogens is 366 g/mol. The lowest BCUT2D eigenvalue weighted by atomic mass is 10.1. The number of pyridine rings is 1. The van der Waals surface area contributed by atoms with Crippen LogP contribution >= 0.6 is 0 Å². The fourth-order valence-corrected chi connectivity index (χ4v) is 2.69. The minimum Gasteiger partial charge on any atom is -0.493 e. The molecule has 0 spiro atoms. The first-order valence-electron chi connectivity index (χ1n) is 9.22. The summed E-state index contributed by atoms with van der Waals surface area (Å²) < 4.78 is 16.4. The Hall–Kier alpha value is -3.60. The molecule has 148 valence electrons. The van der Waals surface area contributed by atoms with Crippen molar-refractivity contribution in [1.82, 2.24) is 4.98 Å². The minimum absolute atomic E-state index is 0.183.